The Morgan fingerprint density at radius 2 is 1.95 bits per heavy atom. The molecule has 2 rings (SSSR count). The Balaban J connectivity index is 1.94. The van der Waals surface area contributed by atoms with E-state index in [1.54, 1.807) is 12.1 Å². The number of benzene rings is 1. The molecule has 5 heteroatoms. The second-order valence-corrected chi connectivity index (χ2v) is 5.27. The lowest BCUT2D eigenvalue weighted by Crippen LogP contribution is -2.09. The van der Waals surface area contributed by atoms with Gasteiger partial charge < -0.3 is 9.15 Å². The van der Waals surface area contributed by atoms with Gasteiger partial charge in [-0.25, -0.2) is 4.79 Å². The summed E-state index contributed by atoms with van der Waals surface area (Å²) in [6.07, 6.45) is 1.42. The van der Waals surface area contributed by atoms with Crippen molar-refractivity contribution in [3.05, 3.63) is 65.8 Å². The highest BCUT2D eigenvalue weighted by Crippen LogP contribution is 2.23. The average molecular weight is 290 g/mol. The molecule has 0 unspecified atom stereocenters. The van der Waals surface area contributed by atoms with Crippen molar-refractivity contribution in [2.24, 2.45) is 0 Å². The van der Waals surface area contributed by atoms with Gasteiger partial charge in [0, 0.05) is 6.07 Å². The van der Waals surface area contributed by atoms with Crippen molar-refractivity contribution < 1.29 is 13.9 Å². The zero-order valence-corrected chi connectivity index (χ0v) is 11.5. The predicted octanol–water partition coefficient (Wildman–Crippen LogP) is 3.81. The van der Waals surface area contributed by atoms with Crippen molar-refractivity contribution in [3.8, 4) is 5.95 Å². The number of furan rings is 1. The molecule has 19 heavy (non-hydrogen) atoms. The van der Waals surface area contributed by atoms with Crippen LogP contribution in [0.4, 0.5) is 0 Å². The predicted molar refractivity (Wildman–Crippen MR) is 79.2 cm³/mol. The Morgan fingerprint density at radius 3 is 2.58 bits per heavy atom. The normalized spacial score (nSPS) is 9.89. The van der Waals surface area contributed by atoms with Crippen LogP contribution < -0.4 is 4.74 Å². The molecule has 96 valence electrons. The molecule has 0 saturated carbocycles. The van der Waals surface area contributed by atoms with Gasteiger partial charge in [0.1, 0.15) is 0 Å². The third kappa shape index (κ3) is 3.81. The van der Waals surface area contributed by atoms with Crippen LogP contribution in [0, 0.1) is 0 Å². The summed E-state index contributed by atoms with van der Waals surface area (Å²) in [7, 11) is 0. The molecule has 1 aromatic heterocycles. The molecule has 0 N–H and O–H groups in total. The third-order valence-electron chi connectivity index (χ3n) is 2.14. The first kappa shape index (κ1) is 13.6. The van der Waals surface area contributed by atoms with Gasteiger partial charge in [-0.3, -0.25) is 0 Å². The van der Waals surface area contributed by atoms with Crippen molar-refractivity contribution in [3.63, 3.8) is 0 Å². The quantitative estimate of drug-likeness (QED) is 0.486. The van der Waals surface area contributed by atoms with E-state index < -0.39 is 5.97 Å². The first-order chi connectivity index (χ1) is 9.16. The number of ether oxygens (including phenoxy) is 1. The molecule has 0 amide bonds. The molecule has 0 bridgehead atoms. The lowest BCUT2D eigenvalue weighted by atomic mass is 10.2. The van der Waals surface area contributed by atoms with Gasteiger partial charge in [-0.1, -0.05) is 60.9 Å². The molecule has 1 heterocycles. The fourth-order valence-corrected chi connectivity index (χ4v) is 2.30. The van der Waals surface area contributed by atoms with Crippen LogP contribution in [0.5, 0.6) is 5.95 Å². The van der Waals surface area contributed by atoms with Crippen molar-refractivity contribution in [2.75, 3.05) is 0 Å². The van der Waals surface area contributed by atoms with Crippen molar-refractivity contribution >= 4 is 34.1 Å². The smallest absolute Gasteiger partial charge is 0.352 e. The summed E-state index contributed by atoms with van der Waals surface area (Å²) >= 11 is 6.34. The summed E-state index contributed by atoms with van der Waals surface area (Å²) in [6, 6.07) is 12.6. The van der Waals surface area contributed by atoms with Gasteiger partial charge in [0.05, 0.1) is 15.4 Å². The Labute approximate surface area is 120 Å². The minimum atomic E-state index is -0.571. The molecule has 3 nitrogen and oxygen atoms in total. The zero-order valence-electron chi connectivity index (χ0n) is 9.87. The molecule has 0 saturated heterocycles. The summed E-state index contributed by atoms with van der Waals surface area (Å²) in [5.41, 5.74) is 0.870. The number of thioether (sulfide) groups is 1. The van der Waals surface area contributed by atoms with Gasteiger partial charge >= 0.3 is 5.97 Å². The number of carbonyl (C=O) groups is 1. The van der Waals surface area contributed by atoms with Crippen molar-refractivity contribution in [1.82, 2.24) is 0 Å². The molecule has 0 fully saturated rings. The van der Waals surface area contributed by atoms with Crippen LogP contribution in [0.1, 0.15) is 5.56 Å². The van der Waals surface area contributed by atoms with E-state index in [1.807, 2.05) is 30.3 Å². The van der Waals surface area contributed by atoms with E-state index >= 15 is 0 Å². The maximum atomic E-state index is 11.7. The summed E-state index contributed by atoms with van der Waals surface area (Å²) in [4.78, 5) is 11.9. The summed E-state index contributed by atoms with van der Waals surface area (Å²) in [5.74, 6) is -0.435. The molecular weight excluding hydrogens is 280 g/mol. The van der Waals surface area contributed by atoms with E-state index in [0.29, 0.717) is 4.20 Å². The fourth-order valence-electron chi connectivity index (χ4n) is 1.26. The Morgan fingerprint density at radius 1 is 1.21 bits per heavy atom. The molecule has 2 aromatic rings. The highest BCUT2D eigenvalue weighted by molar-refractivity contribution is 8.26. The van der Waals surface area contributed by atoms with E-state index in [9.17, 15) is 4.79 Å². The lowest BCUT2D eigenvalue weighted by Gasteiger charge is -2.05. The maximum absolute atomic E-state index is 11.7. The second-order valence-electron chi connectivity index (χ2n) is 3.50. The van der Waals surface area contributed by atoms with E-state index in [-0.39, 0.29) is 10.9 Å². The molecule has 0 aliphatic carbocycles. The van der Waals surface area contributed by atoms with Crippen molar-refractivity contribution in [1.29, 1.82) is 0 Å². The summed E-state index contributed by atoms with van der Waals surface area (Å²) in [6.45, 7) is 3.66. The number of thiocarbonyl (C=S) groups is 1. The standard InChI is InChI=1S/C14H10O3S2/c1-10(13(15)17-12-8-5-9-16-12)19-14(18)11-6-3-2-4-7-11/h2-9H,1H2. The number of hydrogen-bond acceptors (Lipinski definition) is 5. The zero-order chi connectivity index (χ0) is 13.7. The molecular formula is C14H10O3S2. The summed E-state index contributed by atoms with van der Waals surface area (Å²) in [5, 5.41) is 0. The monoisotopic (exact) mass is 290 g/mol. The molecule has 1 aromatic carbocycles. The molecule has 0 atom stereocenters. The molecule has 0 aliphatic rings. The van der Waals surface area contributed by atoms with Crippen LogP contribution in [-0.4, -0.2) is 10.2 Å². The van der Waals surface area contributed by atoms with E-state index in [4.69, 9.17) is 21.4 Å². The highest BCUT2D eigenvalue weighted by atomic mass is 32.2. The minimum absolute atomic E-state index is 0.136. The first-order valence-electron chi connectivity index (χ1n) is 5.38. The van der Waals surface area contributed by atoms with Crippen LogP contribution in [0.15, 0.2) is 64.6 Å². The average Bonchev–Trinajstić information content (AvgIpc) is 2.92. The van der Waals surface area contributed by atoms with Gasteiger partial charge in [0.15, 0.2) is 0 Å². The number of esters is 1. The summed E-state index contributed by atoms with van der Waals surface area (Å²) < 4.78 is 10.5. The lowest BCUT2D eigenvalue weighted by molar-refractivity contribution is -0.130. The topological polar surface area (TPSA) is 39.4 Å². The van der Waals surface area contributed by atoms with Gasteiger partial charge in [0.25, 0.3) is 5.95 Å². The van der Waals surface area contributed by atoms with Crippen LogP contribution in [0.25, 0.3) is 0 Å². The highest BCUT2D eigenvalue weighted by Gasteiger charge is 2.14. The Kier molecular flexibility index (Phi) is 4.54. The largest absolute Gasteiger partial charge is 0.434 e. The van der Waals surface area contributed by atoms with Gasteiger partial charge in [-0.15, -0.1) is 0 Å². The number of carbonyl (C=O) groups excluding carboxylic acids is 1. The van der Waals surface area contributed by atoms with Crippen LogP contribution in [0.2, 0.25) is 0 Å². The maximum Gasteiger partial charge on any atom is 0.352 e. The molecule has 0 aliphatic heterocycles. The minimum Gasteiger partial charge on any atom is -0.434 e. The van der Waals surface area contributed by atoms with E-state index in [2.05, 4.69) is 6.58 Å². The molecule has 0 spiro atoms. The number of hydrogen-bond donors (Lipinski definition) is 0. The van der Waals surface area contributed by atoms with E-state index in [0.717, 1.165) is 17.3 Å². The van der Waals surface area contributed by atoms with Gasteiger partial charge in [-0.2, -0.15) is 0 Å². The van der Waals surface area contributed by atoms with E-state index in [1.165, 1.54) is 6.26 Å². The molecule has 0 radical (unpaired) electrons. The third-order valence-corrected chi connectivity index (χ3v) is 3.46. The fraction of sp³-hybridized carbons (Fsp3) is 0. The SMILES string of the molecule is C=C(SC(=S)c1ccccc1)C(=O)Oc1ccco1. The van der Waals surface area contributed by atoms with Crippen LogP contribution in [0.3, 0.4) is 0 Å². The Bertz CT molecular complexity index is 588. The number of rotatable bonds is 4. The van der Waals surface area contributed by atoms with Crippen LogP contribution >= 0.6 is 24.0 Å². The van der Waals surface area contributed by atoms with Crippen molar-refractivity contribution in [2.45, 2.75) is 0 Å². The van der Waals surface area contributed by atoms with Crippen LogP contribution in [-0.2, 0) is 4.79 Å². The van der Waals surface area contributed by atoms with Gasteiger partial charge in [-0.05, 0) is 11.6 Å². The second kappa shape index (κ2) is 6.36. The first-order valence-corrected chi connectivity index (χ1v) is 6.61. The van der Waals surface area contributed by atoms with Gasteiger partial charge in [0.2, 0.25) is 0 Å². The Hall–Kier alpha value is -1.85.